The molecule has 0 spiro atoms. The second-order valence-corrected chi connectivity index (χ2v) is 5.89. The van der Waals surface area contributed by atoms with Gasteiger partial charge in [-0.05, 0) is 37.6 Å². The molecule has 2 rings (SSSR count). The van der Waals surface area contributed by atoms with Gasteiger partial charge in [-0.15, -0.1) is 0 Å². The first-order chi connectivity index (χ1) is 10.4. The van der Waals surface area contributed by atoms with E-state index < -0.39 is 10.8 Å². The van der Waals surface area contributed by atoms with Crippen molar-refractivity contribution in [2.45, 2.75) is 19.9 Å². The van der Waals surface area contributed by atoms with Crippen molar-refractivity contribution in [2.75, 3.05) is 0 Å². The first-order valence-corrected chi connectivity index (χ1v) is 7.49. The number of rotatable bonds is 4. The van der Waals surface area contributed by atoms with Gasteiger partial charge in [0.25, 0.3) is 11.6 Å². The zero-order chi connectivity index (χ0) is 16.3. The van der Waals surface area contributed by atoms with Gasteiger partial charge < -0.3 is 5.32 Å². The van der Waals surface area contributed by atoms with E-state index in [4.69, 9.17) is 0 Å². The van der Waals surface area contributed by atoms with Crippen molar-refractivity contribution in [3.8, 4) is 0 Å². The lowest BCUT2D eigenvalue weighted by atomic mass is 10.1. The molecular formula is C16H15BrN2O3. The summed E-state index contributed by atoms with van der Waals surface area (Å²) in [5, 5.41) is 14.0. The number of para-hydroxylation sites is 1. The molecule has 1 amide bonds. The first-order valence-electron chi connectivity index (χ1n) is 6.70. The van der Waals surface area contributed by atoms with Crippen molar-refractivity contribution in [1.82, 2.24) is 5.32 Å². The monoisotopic (exact) mass is 362 g/mol. The summed E-state index contributed by atoms with van der Waals surface area (Å²) in [6.07, 6.45) is 0. The number of nitro groups is 1. The van der Waals surface area contributed by atoms with Gasteiger partial charge in [0.1, 0.15) is 5.56 Å². The topological polar surface area (TPSA) is 72.2 Å². The highest BCUT2D eigenvalue weighted by Crippen LogP contribution is 2.24. The Labute approximate surface area is 136 Å². The van der Waals surface area contributed by atoms with Crippen LogP contribution < -0.4 is 5.32 Å². The zero-order valence-corrected chi connectivity index (χ0v) is 13.8. The summed E-state index contributed by atoms with van der Waals surface area (Å²) in [4.78, 5) is 23.0. The van der Waals surface area contributed by atoms with Gasteiger partial charge in [0, 0.05) is 10.0 Å². The zero-order valence-electron chi connectivity index (χ0n) is 12.2. The number of benzene rings is 2. The van der Waals surface area contributed by atoms with Crippen LogP contribution in [0.5, 0.6) is 0 Å². The van der Waals surface area contributed by atoms with E-state index in [2.05, 4.69) is 21.2 Å². The molecule has 0 aliphatic rings. The maximum Gasteiger partial charge on any atom is 0.285 e. The molecule has 1 N–H and O–H groups in total. The third-order valence-corrected chi connectivity index (χ3v) is 3.91. The molecule has 6 heteroatoms. The molecule has 0 aliphatic carbocycles. The van der Waals surface area contributed by atoms with E-state index in [9.17, 15) is 14.9 Å². The average Bonchev–Trinajstić information content (AvgIpc) is 2.47. The largest absolute Gasteiger partial charge is 0.345 e. The fourth-order valence-electron chi connectivity index (χ4n) is 2.19. The van der Waals surface area contributed by atoms with E-state index in [1.54, 1.807) is 19.1 Å². The van der Waals surface area contributed by atoms with Crippen molar-refractivity contribution >= 4 is 27.5 Å². The molecule has 114 valence electrons. The van der Waals surface area contributed by atoms with Crippen molar-refractivity contribution in [1.29, 1.82) is 0 Å². The van der Waals surface area contributed by atoms with E-state index in [0.29, 0.717) is 5.56 Å². The van der Waals surface area contributed by atoms with Crippen LogP contribution in [0.1, 0.15) is 34.5 Å². The maximum absolute atomic E-state index is 12.3. The predicted molar refractivity (Wildman–Crippen MR) is 87.9 cm³/mol. The van der Waals surface area contributed by atoms with Gasteiger partial charge in [0.2, 0.25) is 0 Å². The summed E-state index contributed by atoms with van der Waals surface area (Å²) in [7, 11) is 0. The van der Waals surface area contributed by atoms with Gasteiger partial charge in [-0.1, -0.05) is 40.2 Å². The predicted octanol–water partition coefficient (Wildman–Crippen LogP) is 4.16. The van der Waals surface area contributed by atoms with Gasteiger partial charge in [0.05, 0.1) is 11.0 Å². The third-order valence-electron chi connectivity index (χ3n) is 3.38. The fourth-order valence-corrected chi connectivity index (χ4v) is 2.46. The summed E-state index contributed by atoms with van der Waals surface area (Å²) in [5.74, 6) is -0.453. The molecule has 0 fully saturated rings. The molecule has 0 radical (unpaired) electrons. The van der Waals surface area contributed by atoms with Crippen molar-refractivity contribution in [3.05, 3.63) is 73.7 Å². The molecule has 0 aromatic heterocycles. The minimum Gasteiger partial charge on any atom is -0.345 e. The Balaban J connectivity index is 2.24. The molecule has 22 heavy (non-hydrogen) atoms. The summed E-state index contributed by atoms with van der Waals surface area (Å²) in [6, 6.07) is 12.0. The lowest BCUT2D eigenvalue weighted by Crippen LogP contribution is -2.27. The number of nitrogens with one attached hydrogen (secondary N) is 1. The molecule has 0 aliphatic heterocycles. The number of hydrogen-bond donors (Lipinski definition) is 1. The van der Waals surface area contributed by atoms with Crippen LogP contribution in [0.3, 0.4) is 0 Å². The van der Waals surface area contributed by atoms with Crippen molar-refractivity contribution < 1.29 is 9.72 Å². The number of hydrogen-bond acceptors (Lipinski definition) is 3. The van der Waals surface area contributed by atoms with Crippen LogP contribution >= 0.6 is 15.9 Å². The summed E-state index contributed by atoms with van der Waals surface area (Å²) in [5.41, 5.74) is 1.32. The summed E-state index contributed by atoms with van der Waals surface area (Å²) >= 11 is 3.35. The van der Waals surface area contributed by atoms with Crippen LogP contribution in [0.4, 0.5) is 5.69 Å². The van der Waals surface area contributed by atoms with Crippen LogP contribution in [0.25, 0.3) is 0 Å². The second kappa shape index (κ2) is 6.70. The Morgan fingerprint density at radius 1 is 1.23 bits per heavy atom. The van der Waals surface area contributed by atoms with E-state index >= 15 is 0 Å². The lowest BCUT2D eigenvalue weighted by molar-refractivity contribution is -0.385. The number of carbonyl (C=O) groups is 1. The van der Waals surface area contributed by atoms with Crippen LogP contribution in [-0.4, -0.2) is 10.8 Å². The summed E-state index contributed by atoms with van der Waals surface area (Å²) < 4.78 is 0.948. The smallest absolute Gasteiger partial charge is 0.285 e. The van der Waals surface area contributed by atoms with Crippen molar-refractivity contribution in [2.24, 2.45) is 0 Å². The minimum absolute atomic E-state index is 0.0777. The normalized spacial score (nSPS) is 11.8. The SMILES string of the molecule is Cc1cccc(C(=O)NC(C)c2ccc(Br)cc2)c1[N+](=O)[O-]. The molecule has 0 saturated carbocycles. The Morgan fingerprint density at radius 2 is 1.86 bits per heavy atom. The van der Waals surface area contributed by atoms with Crippen LogP contribution in [0, 0.1) is 17.0 Å². The molecule has 2 aromatic carbocycles. The Hall–Kier alpha value is -2.21. The van der Waals surface area contributed by atoms with Gasteiger partial charge in [-0.25, -0.2) is 0 Å². The van der Waals surface area contributed by atoms with Gasteiger partial charge in [-0.2, -0.15) is 0 Å². The highest BCUT2D eigenvalue weighted by molar-refractivity contribution is 9.10. The Bertz CT molecular complexity index is 714. The highest BCUT2D eigenvalue weighted by Gasteiger charge is 2.23. The lowest BCUT2D eigenvalue weighted by Gasteiger charge is -2.15. The first kappa shape index (κ1) is 16.2. The number of nitro benzene ring substituents is 1. The summed E-state index contributed by atoms with van der Waals surface area (Å²) in [6.45, 7) is 3.45. The molecule has 1 atom stereocenters. The van der Waals surface area contributed by atoms with Crippen LogP contribution in [0.2, 0.25) is 0 Å². The number of amides is 1. The van der Waals surface area contributed by atoms with E-state index in [1.165, 1.54) is 6.07 Å². The maximum atomic E-state index is 12.3. The van der Waals surface area contributed by atoms with E-state index in [-0.39, 0.29) is 17.3 Å². The third kappa shape index (κ3) is 3.51. The van der Waals surface area contributed by atoms with Crippen molar-refractivity contribution in [3.63, 3.8) is 0 Å². The van der Waals surface area contributed by atoms with Gasteiger partial charge in [0.15, 0.2) is 0 Å². The van der Waals surface area contributed by atoms with Crippen LogP contribution in [0.15, 0.2) is 46.9 Å². The highest BCUT2D eigenvalue weighted by atomic mass is 79.9. The fraction of sp³-hybridized carbons (Fsp3) is 0.188. The van der Waals surface area contributed by atoms with E-state index in [1.807, 2.05) is 31.2 Å². The molecule has 5 nitrogen and oxygen atoms in total. The molecule has 0 saturated heterocycles. The molecule has 2 aromatic rings. The quantitative estimate of drug-likeness (QED) is 0.655. The molecule has 0 bridgehead atoms. The molecule has 1 unspecified atom stereocenters. The molecular weight excluding hydrogens is 348 g/mol. The Morgan fingerprint density at radius 3 is 2.45 bits per heavy atom. The number of halogens is 1. The standard InChI is InChI=1S/C16H15BrN2O3/c1-10-4-3-5-14(15(10)19(21)22)16(20)18-11(2)12-6-8-13(17)9-7-12/h3-9,11H,1-2H3,(H,18,20). The Kier molecular flexibility index (Phi) is 4.92. The second-order valence-electron chi connectivity index (χ2n) is 4.97. The number of nitrogens with zero attached hydrogens (tertiary/aromatic N) is 1. The van der Waals surface area contributed by atoms with Crippen LogP contribution in [-0.2, 0) is 0 Å². The van der Waals surface area contributed by atoms with Gasteiger partial charge >= 0.3 is 0 Å². The number of aryl methyl sites for hydroxylation is 1. The van der Waals surface area contributed by atoms with Gasteiger partial charge in [-0.3, -0.25) is 14.9 Å². The number of carbonyl (C=O) groups excluding carboxylic acids is 1. The average molecular weight is 363 g/mol. The molecule has 0 heterocycles. The minimum atomic E-state index is -0.519. The van der Waals surface area contributed by atoms with E-state index in [0.717, 1.165) is 10.0 Å².